The van der Waals surface area contributed by atoms with Crippen LogP contribution in [-0.2, 0) is 4.57 Å². The Morgan fingerprint density at radius 3 is 2.09 bits per heavy atom. The molecule has 1 atom stereocenters. The summed E-state index contributed by atoms with van der Waals surface area (Å²) in [5, 5.41) is 0. The third-order valence-corrected chi connectivity index (χ3v) is 1.58. The summed E-state index contributed by atoms with van der Waals surface area (Å²) < 4.78 is 8.57. The van der Waals surface area contributed by atoms with Crippen LogP contribution in [0, 0.1) is 0 Å². The Morgan fingerprint density at radius 1 is 1.27 bits per heavy atom. The van der Waals surface area contributed by atoms with Crippen LogP contribution in [0.3, 0.4) is 0 Å². The minimum Gasteiger partial charge on any atom is -0.348 e. The van der Waals surface area contributed by atoms with E-state index in [2.05, 4.69) is 19.6 Å². The third kappa shape index (κ3) is 25.0. The highest BCUT2D eigenvalue weighted by molar-refractivity contribution is 7.80. The quantitative estimate of drug-likeness (QED) is 0.404. The molecule has 0 radical (unpaired) electrons. The van der Waals surface area contributed by atoms with Crippen molar-refractivity contribution in [3.63, 3.8) is 0 Å². The SMILES string of the molecule is CCCCCCCS.O=[PH2]O. The van der Waals surface area contributed by atoms with E-state index >= 15 is 0 Å². The van der Waals surface area contributed by atoms with E-state index in [1.54, 1.807) is 0 Å². The van der Waals surface area contributed by atoms with Crippen molar-refractivity contribution in [1.29, 1.82) is 0 Å². The van der Waals surface area contributed by atoms with E-state index in [9.17, 15) is 0 Å². The largest absolute Gasteiger partial charge is 0.348 e. The standard InChI is InChI=1S/C7H16S.H3O2P/c1-2-3-4-5-6-7-8;1-3-2/h8H,2-7H2,1H3;3H2,(H,1,2). The van der Waals surface area contributed by atoms with Crippen molar-refractivity contribution in [3.8, 4) is 0 Å². The summed E-state index contributed by atoms with van der Waals surface area (Å²) in [5.41, 5.74) is 0. The second-order valence-corrected chi connectivity index (χ2v) is 2.90. The second-order valence-electron chi connectivity index (χ2n) is 2.24. The van der Waals surface area contributed by atoms with E-state index in [0.29, 0.717) is 0 Å². The highest BCUT2D eigenvalue weighted by Crippen LogP contribution is 2.02. The lowest BCUT2D eigenvalue weighted by Gasteiger charge is -1.93. The molecule has 0 amide bonds. The van der Waals surface area contributed by atoms with Crippen molar-refractivity contribution in [2.75, 3.05) is 5.75 Å². The number of hydrogen-bond acceptors (Lipinski definition) is 2. The van der Waals surface area contributed by atoms with Gasteiger partial charge in [0.05, 0.1) is 0 Å². The van der Waals surface area contributed by atoms with Gasteiger partial charge in [0.15, 0.2) is 8.69 Å². The summed E-state index contributed by atoms with van der Waals surface area (Å²) in [4.78, 5) is 7.10. The van der Waals surface area contributed by atoms with Crippen molar-refractivity contribution < 1.29 is 9.46 Å². The molecule has 0 aliphatic carbocycles. The van der Waals surface area contributed by atoms with Crippen molar-refractivity contribution >= 4 is 21.3 Å². The van der Waals surface area contributed by atoms with Gasteiger partial charge in [-0.3, -0.25) is 4.57 Å². The van der Waals surface area contributed by atoms with Gasteiger partial charge in [-0.25, -0.2) is 0 Å². The van der Waals surface area contributed by atoms with Crippen LogP contribution < -0.4 is 0 Å². The number of hydrogen-bond donors (Lipinski definition) is 2. The van der Waals surface area contributed by atoms with Crippen molar-refractivity contribution in [3.05, 3.63) is 0 Å². The Balaban J connectivity index is 0. The van der Waals surface area contributed by atoms with E-state index in [1.807, 2.05) is 0 Å². The topological polar surface area (TPSA) is 37.3 Å². The van der Waals surface area contributed by atoms with Crippen molar-refractivity contribution in [2.24, 2.45) is 0 Å². The van der Waals surface area contributed by atoms with Gasteiger partial charge in [-0.2, -0.15) is 12.6 Å². The molecule has 0 rings (SSSR count). The summed E-state index contributed by atoms with van der Waals surface area (Å²) in [6.07, 6.45) is 6.80. The van der Waals surface area contributed by atoms with Crippen LogP contribution in [0.2, 0.25) is 0 Å². The molecule has 0 saturated carbocycles. The molecule has 0 aromatic carbocycles. The van der Waals surface area contributed by atoms with E-state index in [4.69, 9.17) is 9.46 Å². The maximum atomic E-state index is 8.57. The first-order valence-corrected chi connectivity index (χ1v) is 5.64. The van der Waals surface area contributed by atoms with Gasteiger partial charge < -0.3 is 4.89 Å². The van der Waals surface area contributed by atoms with Crippen LogP contribution in [0.25, 0.3) is 0 Å². The molecule has 2 nitrogen and oxygen atoms in total. The maximum Gasteiger partial charge on any atom is 0.177 e. The Hall–Kier alpha value is 0.540. The third-order valence-electron chi connectivity index (χ3n) is 1.26. The highest BCUT2D eigenvalue weighted by Gasteiger charge is 1.83. The molecular weight excluding hydrogens is 179 g/mol. The first kappa shape index (κ1) is 14.1. The van der Waals surface area contributed by atoms with Gasteiger partial charge in [0.25, 0.3) is 0 Å². The van der Waals surface area contributed by atoms with E-state index in [1.165, 1.54) is 32.1 Å². The fraction of sp³-hybridized carbons (Fsp3) is 1.00. The first-order valence-electron chi connectivity index (χ1n) is 4.02. The zero-order chi connectivity index (χ0) is 8.95. The fourth-order valence-corrected chi connectivity index (χ4v) is 0.939. The molecule has 0 heterocycles. The molecule has 0 spiro atoms. The van der Waals surface area contributed by atoms with Crippen LogP contribution in [0.1, 0.15) is 39.0 Å². The molecule has 0 aliphatic heterocycles. The smallest absolute Gasteiger partial charge is 0.177 e. The average Bonchev–Trinajstić information content (AvgIpc) is 2.00. The molecule has 0 aromatic rings. The van der Waals surface area contributed by atoms with Crippen LogP contribution >= 0.6 is 21.3 Å². The van der Waals surface area contributed by atoms with Gasteiger partial charge in [0.2, 0.25) is 0 Å². The minimum atomic E-state index is -1.50. The van der Waals surface area contributed by atoms with E-state index < -0.39 is 8.69 Å². The molecule has 0 fully saturated rings. The van der Waals surface area contributed by atoms with Gasteiger partial charge in [0.1, 0.15) is 0 Å². The van der Waals surface area contributed by atoms with E-state index in [-0.39, 0.29) is 0 Å². The fourth-order valence-electron chi connectivity index (χ4n) is 0.715. The summed E-state index contributed by atoms with van der Waals surface area (Å²) in [5.74, 6) is 1.06. The van der Waals surface area contributed by atoms with Crippen LogP contribution in [0.4, 0.5) is 0 Å². The van der Waals surface area contributed by atoms with Gasteiger partial charge in [0, 0.05) is 0 Å². The maximum absolute atomic E-state index is 8.57. The van der Waals surface area contributed by atoms with Gasteiger partial charge in [-0.15, -0.1) is 0 Å². The van der Waals surface area contributed by atoms with E-state index in [0.717, 1.165) is 5.75 Å². The second kappa shape index (κ2) is 16.9. The predicted octanol–water partition coefficient (Wildman–Crippen LogP) is 2.54. The lowest BCUT2D eigenvalue weighted by Crippen LogP contribution is -1.76. The number of rotatable bonds is 5. The van der Waals surface area contributed by atoms with Gasteiger partial charge >= 0.3 is 0 Å². The predicted molar refractivity (Wildman–Crippen MR) is 55.2 cm³/mol. The molecule has 0 saturated heterocycles. The normalized spacial score (nSPS) is 9.73. The lowest BCUT2D eigenvalue weighted by atomic mass is 10.2. The molecule has 1 N–H and O–H groups in total. The Kier molecular flexibility index (Phi) is 21.6. The molecule has 0 aromatic heterocycles. The summed E-state index contributed by atoms with van der Waals surface area (Å²) in [6, 6.07) is 0. The number of unbranched alkanes of at least 4 members (excludes halogenated alkanes) is 4. The Bertz CT molecular complexity index is 65.5. The monoisotopic (exact) mass is 198 g/mol. The molecule has 11 heavy (non-hydrogen) atoms. The molecule has 0 bridgehead atoms. The van der Waals surface area contributed by atoms with Crippen LogP contribution in [0.5, 0.6) is 0 Å². The summed E-state index contributed by atoms with van der Waals surface area (Å²) in [6.45, 7) is 2.24. The molecule has 70 valence electrons. The molecular formula is C7H19O2PS. The molecule has 0 aliphatic rings. The summed E-state index contributed by atoms with van der Waals surface area (Å²) >= 11 is 4.12. The molecule has 1 unspecified atom stereocenters. The Labute approximate surface area is 76.1 Å². The minimum absolute atomic E-state index is 1.06. The van der Waals surface area contributed by atoms with Crippen molar-refractivity contribution in [2.45, 2.75) is 39.0 Å². The zero-order valence-corrected chi connectivity index (χ0v) is 9.17. The van der Waals surface area contributed by atoms with Crippen LogP contribution in [-0.4, -0.2) is 10.6 Å². The van der Waals surface area contributed by atoms with Crippen molar-refractivity contribution in [1.82, 2.24) is 0 Å². The average molecular weight is 198 g/mol. The van der Waals surface area contributed by atoms with Crippen LogP contribution in [0.15, 0.2) is 0 Å². The zero-order valence-electron chi connectivity index (χ0n) is 7.12. The number of thiol groups is 1. The lowest BCUT2D eigenvalue weighted by molar-refractivity contribution is 0.524. The Morgan fingerprint density at radius 2 is 1.73 bits per heavy atom. The van der Waals surface area contributed by atoms with Gasteiger partial charge in [-0.05, 0) is 12.2 Å². The highest BCUT2D eigenvalue weighted by atomic mass is 32.1. The molecule has 4 heteroatoms. The van der Waals surface area contributed by atoms with Gasteiger partial charge in [-0.1, -0.05) is 32.6 Å². The first-order chi connectivity index (χ1) is 5.33. The summed E-state index contributed by atoms with van der Waals surface area (Å²) in [7, 11) is -1.50.